The number of carboxylic acids is 1. The van der Waals surface area contributed by atoms with Gasteiger partial charge in [-0.3, -0.25) is 0 Å². The molecule has 0 saturated heterocycles. The van der Waals surface area contributed by atoms with E-state index in [-0.39, 0.29) is 17.1 Å². The zero-order valence-electron chi connectivity index (χ0n) is 9.93. The van der Waals surface area contributed by atoms with Crippen molar-refractivity contribution in [2.24, 2.45) is 0 Å². The summed E-state index contributed by atoms with van der Waals surface area (Å²) in [6.07, 6.45) is 0. The average molecular weight is 261 g/mol. The monoisotopic (exact) mass is 261 g/mol. The van der Waals surface area contributed by atoms with Crippen molar-refractivity contribution in [1.82, 2.24) is 0 Å². The first-order valence-electron chi connectivity index (χ1n) is 5.61. The lowest BCUT2D eigenvalue weighted by Gasteiger charge is -2.08. The van der Waals surface area contributed by atoms with E-state index in [1.165, 1.54) is 24.3 Å². The number of aromatic hydroxyl groups is 1. The molecule has 0 aliphatic heterocycles. The Morgan fingerprint density at radius 3 is 2.42 bits per heavy atom. The minimum Gasteiger partial charge on any atom is -0.507 e. The number of hydrogen-bond donors (Lipinski definition) is 3. The molecule has 0 bridgehead atoms. The highest BCUT2D eigenvalue weighted by Crippen LogP contribution is 2.22. The maximum absolute atomic E-state index is 12.7. The molecule has 0 saturated carbocycles. The highest BCUT2D eigenvalue weighted by atomic mass is 19.1. The van der Waals surface area contributed by atoms with Crippen LogP contribution in [0, 0.1) is 5.82 Å². The van der Waals surface area contributed by atoms with Gasteiger partial charge in [0, 0.05) is 18.3 Å². The maximum atomic E-state index is 12.7. The van der Waals surface area contributed by atoms with Gasteiger partial charge in [-0.1, -0.05) is 12.1 Å². The van der Waals surface area contributed by atoms with Gasteiger partial charge in [-0.05, 0) is 29.8 Å². The van der Waals surface area contributed by atoms with Crippen LogP contribution in [0.5, 0.6) is 5.75 Å². The summed E-state index contributed by atoms with van der Waals surface area (Å²) in [6.45, 7) is 0.451. The molecule has 2 rings (SSSR count). The molecule has 0 aromatic heterocycles. The second-order valence-corrected chi connectivity index (χ2v) is 4.02. The number of benzene rings is 2. The second-order valence-electron chi connectivity index (χ2n) is 4.02. The van der Waals surface area contributed by atoms with E-state index in [0.29, 0.717) is 12.2 Å². The van der Waals surface area contributed by atoms with Crippen LogP contribution < -0.4 is 5.32 Å². The van der Waals surface area contributed by atoms with E-state index in [0.717, 1.165) is 5.56 Å². The normalized spacial score (nSPS) is 10.2. The molecule has 0 unspecified atom stereocenters. The van der Waals surface area contributed by atoms with Gasteiger partial charge in [-0.2, -0.15) is 0 Å². The first-order valence-corrected chi connectivity index (χ1v) is 5.61. The number of anilines is 1. The molecule has 0 radical (unpaired) electrons. The predicted octanol–water partition coefficient (Wildman–Crippen LogP) is 2.84. The number of carbonyl (C=O) groups is 1. The van der Waals surface area contributed by atoms with E-state index in [4.69, 9.17) is 5.11 Å². The Kier molecular flexibility index (Phi) is 3.66. The zero-order valence-corrected chi connectivity index (χ0v) is 9.93. The van der Waals surface area contributed by atoms with Gasteiger partial charge in [0.1, 0.15) is 17.1 Å². The van der Waals surface area contributed by atoms with Gasteiger partial charge in [-0.15, -0.1) is 0 Å². The highest BCUT2D eigenvalue weighted by Gasteiger charge is 2.09. The number of aromatic carboxylic acids is 1. The number of halogens is 1. The van der Waals surface area contributed by atoms with Crippen LogP contribution >= 0.6 is 0 Å². The molecular weight excluding hydrogens is 249 g/mol. The fourth-order valence-corrected chi connectivity index (χ4v) is 1.63. The van der Waals surface area contributed by atoms with Crippen molar-refractivity contribution in [1.29, 1.82) is 0 Å². The molecule has 0 aliphatic rings. The van der Waals surface area contributed by atoms with Crippen molar-refractivity contribution < 1.29 is 19.4 Å². The first kappa shape index (κ1) is 12.9. The zero-order chi connectivity index (χ0) is 13.8. The van der Waals surface area contributed by atoms with Crippen LogP contribution in [0.1, 0.15) is 15.9 Å². The van der Waals surface area contributed by atoms with E-state index in [1.807, 2.05) is 0 Å². The van der Waals surface area contributed by atoms with Crippen LogP contribution in [-0.2, 0) is 6.54 Å². The lowest BCUT2D eigenvalue weighted by molar-refractivity contribution is 0.0694. The number of carboxylic acid groups (broad SMARTS) is 1. The minimum absolute atomic E-state index is 0.146. The van der Waals surface area contributed by atoms with Gasteiger partial charge in [0.25, 0.3) is 0 Å². The Labute approximate surface area is 109 Å². The van der Waals surface area contributed by atoms with Gasteiger partial charge >= 0.3 is 5.97 Å². The van der Waals surface area contributed by atoms with E-state index in [1.54, 1.807) is 18.2 Å². The fourth-order valence-electron chi connectivity index (χ4n) is 1.63. The fraction of sp³-hybridized carbons (Fsp3) is 0.0714. The van der Waals surface area contributed by atoms with Crippen LogP contribution in [0.4, 0.5) is 10.1 Å². The Hall–Kier alpha value is -2.56. The summed E-state index contributed by atoms with van der Waals surface area (Å²) in [5, 5.41) is 21.3. The van der Waals surface area contributed by atoms with Crippen LogP contribution in [0.2, 0.25) is 0 Å². The molecule has 2 aromatic rings. The molecular formula is C14H12FNO3. The summed E-state index contributed by atoms with van der Waals surface area (Å²) in [5.74, 6) is -1.77. The maximum Gasteiger partial charge on any atom is 0.339 e. The second kappa shape index (κ2) is 5.39. The third-order valence-corrected chi connectivity index (χ3v) is 2.64. The number of hydrogen-bond acceptors (Lipinski definition) is 3. The Balaban J connectivity index is 2.06. The summed E-state index contributed by atoms with van der Waals surface area (Å²) in [4.78, 5) is 10.7. The van der Waals surface area contributed by atoms with Crippen molar-refractivity contribution >= 4 is 11.7 Å². The summed E-state index contributed by atoms with van der Waals surface area (Å²) >= 11 is 0. The van der Waals surface area contributed by atoms with Crippen LogP contribution in [-0.4, -0.2) is 16.2 Å². The molecule has 3 N–H and O–H groups in total. The van der Waals surface area contributed by atoms with Crippen LogP contribution in [0.25, 0.3) is 0 Å². The van der Waals surface area contributed by atoms with Crippen molar-refractivity contribution in [3.63, 3.8) is 0 Å². The van der Waals surface area contributed by atoms with E-state index in [9.17, 15) is 14.3 Å². The number of phenols is 1. The van der Waals surface area contributed by atoms with Crippen molar-refractivity contribution in [3.8, 4) is 5.75 Å². The lowest BCUT2D eigenvalue weighted by atomic mass is 10.1. The lowest BCUT2D eigenvalue weighted by Crippen LogP contribution is -2.01. The number of rotatable bonds is 4. The molecule has 19 heavy (non-hydrogen) atoms. The van der Waals surface area contributed by atoms with Gasteiger partial charge in [0.05, 0.1) is 0 Å². The molecule has 0 amide bonds. The summed E-state index contributed by atoms with van der Waals surface area (Å²) in [5.41, 5.74) is 1.32. The van der Waals surface area contributed by atoms with Gasteiger partial charge in [-0.25, -0.2) is 9.18 Å². The average Bonchev–Trinajstić information content (AvgIpc) is 2.37. The molecule has 0 spiro atoms. The Morgan fingerprint density at radius 1 is 1.16 bits per heavy atom. The van der Waals surface area contributed by atoms with Crippen LogP contribution in [0.3, 0.4) is 0 Å². The topological polar surface area (TPSA) is 69.6 Å². The predicted molar refractivity (Wildman–Crippen MR) is 68.8 cm³/mol. The van der Waals surface area contributed by atoms with E-state index >= 15 is 0 Å². The molecule has 0 aliphatic carbocycles. The third-order valence-electron chi connectivity index (χ3n) is 2.64. The highest BCUT2D eigenvalue weighted by molar-refractivity contribution is 5.91. The van der Waals surface area contributed by atoms with Crippen LogP contribution in [0.15, 0.2) is 42.5 Å². The Bertz CT molecular complexity index is 596. The van der Waals surface area contributed by atoms with Crippen molar-refractivity contribution in [2.75, 3.05) is 5.32 Å². The minimum atomic E-state index is -1.18. The standard InChI is InChI=1S/C14H12FNO3/c15-10-3-1-9(2-4-10)8-16-11-5-6-12(14(18)19)13(17)7-11/h1-7,16-17H,8H2,(H,18,19). The smallest absolute Gasteiger partial charge is 0.339 e. The molecule has 0 heterocycles. The molecule has 0 atom stereocenters. The number of nitrogens with one attached hydrogen (secondary N) is 1. The SMILES string of the molecule is O=C(O)c1ccc(NCc2ccc(F)cc2)cc1O. The van der Waals surface area contributed by atoms with E-state index < -0.39 is 5.97 Å². The third kappa shape index (κ3) is 3.22. The molecule has 4 nitrogen and oxygen atoms in total. The van der Waals surface area contributed by atoms with Gasteiger partial charge in [0.15, 0.2) is 0 Å². The summed E-state index contributed by atoms with van der Waals surface area (Å²) < 4.78 is 12.7. The summed E-state index contributed by atoms with van der Waals surface area (Å²) in [7, 11) is 0. The quantitative estimate of drug-likeness (QED) is 0.791. The molecule has 0 fully saturated rings. The molecule has 5 heteroatoms. The van der Waals surface area contributed by atoms with Crippen molar-refractivity contribution in [2.45, 2.75) is 6.54 Å². The van der Waals surface area contributed by atoms with Gasteiger partial charge < -0.3 is 15.5 Å². The summed E-state index contributed by atoms with van der Waals surface area (Å²) in [6, 6.07) is 10.2. The van der Waals surface area contributed by atoms with Gasteiger partial charge in [0.2, 0.25) is 0 Å². The largest absolute Gasteiger partial charge is 0.507 e. The molecule has 98 valence electrons. The van der Waals surface area contributed by atoms with E-state index in [2.05, 4.69) is 5.32 Å². The first-order chi connectivity index (χ1) is 9.06. The molecule has 2 aromatic carbocycles. The Morgan fingerprint density at radius 2 is 1.84 bits per heavy atom. The van der Waals surface area contributed by atoms with Crippen molar-refractivity contribution in [3.05, 3.63) is 59.4 Å².